The molecule has 8 aromatic rings. The van der Waals surface area contributed by atoms with E-state index in [1.165, 1.54) is 60.9 Å². The van der Waals surface area contributed by atoms with Crippen LogP contribution in [0.25, 0.3) is 72.8 Å². The van der Waals surface area contributed by atoms with Gasteiger partial charge in [-0.25, -0.2) is 15.0 Å². The van der Waals surface area contributed by atoms with Gasteiger partial charge < -0.3 is 0 Å². The van der Waals surface area contributed by atoms with Gasteiger partial charge in [0.15, 0.2) is 17.5 Å². The minimum absolute atomic E-state index is 0.385. The molecule has 0 radical (unpaired) electrons. The molecule has 1 aromatic heterocycles. The van der Waals surface area contributed by atoms with Crippen LogP contribution in [0, 0.1) is 0 Å². The van der Waals surface area contributed by atoms with E-state index in [0.717, 1.165) is 35.1 Å². The summed E-state index contributed by atoms with van der Waals surface area (Å²) in [5.41, 5.74) is 15.8. The molecule has 0 bridgehead atoms. The van der Waals surface area contributed by atoms with Gasteiger partial charge in [-0.15, -0.1) is 0 Å². The molecule has 248 valence electrons. The van der Waals surface area contributed by atoms with E-state index in [-0.39, 0.29) is 5.41 Å². The zero-order valence-electron chi connectivity index (χ0n) is 29.0. The summed E-state index contributed by atoms with van der Waals surface area (Å²) in [6.07, 6.45) is 6.91. The van der Waals surface area contributed by atoms with Crippen molar-refractivity contribution in [3.63, 3.8) is 0 Å². The Hall–Kier alpha value is -6.71. The molecule has 3 aliphatic rings. The first-order chi connectivity index (χ1) is 26.3. The van der Waals surface area contributed by atoms with Crippen LogP contribution in [0.3, 0.4) is 0 Å². The molecule has 11 rings (SSSR count). The first-order valence-electron chi connectivity index (χ1n) is 18.4. The first-order valence-corrected chi connectivity index (χ1v) is 18.4. The summed E-state index contributed by atoms with van der Waals surface area (Å²) in [7, 11) is 0. The highest BCUT2D eigenvalue weighted by Crippen LogP contribution is 2.64. The normalized spacial score (nSPS) is 16.5. The van der Waals surface area contributed by atoms with E-state index in [1.54, 1.807) is 0 Å². The molecule has 1 heterocycles. The summed E-state index contributed by atoms with van der Waals surface area (Å²) in [6.45, 7) is 0. The van der Waals surface area contributed by atoms with E-state index in [1.807, 2.05) is 36.4 Å². The van der Waals surface area contributed by atoms with Crippen molar-refractivity contribution in [1.82, 2.24) is 15.0 Å². The summed E-state index contributed by atoms with van der Waals surface area (Å²) in [5.74, 6) is 1.97. The average molecular weight is 676 g/mol. The molecule has 0 amide bonds. The third-order valence-electron chi connectivity index (χ3n) is 11.4. The Kier molecular flexibility index (Phi) is 6.59. The SMILES string of the molecule is C1=CC2=C(CC1)c1ccccc1C21c2ccccc2-c2c(-c3c(-c4nc(-c5ccccc5)nc(-c5ccccc5)n4)ccc4ccccc34)cccc21. The zero-order valence-corrected chi connectivity index (χ0v) is 29.0. The number of benzene rings is 7. The van der Waals surface area contributed by atoms with Crippen molar-refractivity contribution in [2.24, 2.45) is 0 Å². The molecule has 0 N–H and O–H groups in total. The summed E-state index contributed by atoms with van der Waals surface area (Å²) >= 11 is 0. The van der Waals surface area contributed by atoms with Gasteiger partial charge in [0, 0.05) is 22.3 Å². The number of fused-ring (bicyclic) bond motifs is 10. The Morgan fingerprint density at radius 3 is 1.75 bits per heavy atom. The quantitative estimate of drug-likeness (QED) is 0.186. The topological polar surface area (TPSA) is 38.7 Å². The monoisotopic (exact) mass is 675 g/mol. The minimum atomic E-state index is -0.385. The van der Waals surface area contributed by atoms with E-state index in [9.17, 15) is 0 Å². The molecule has 3 nitrogen and oxygen atoms in total. The molecule has 7 aromatic carbocycles. The van der Waals surface area contributed by atoms with Crippen LogP contribution in [0.2, 0.25) is 0 Å². The van der Waals surface area contributed by atoms with Crippen LogP contribution in [0.5, 0.6) is 0 Å². The van der Waals surface area contributed by atoms with Crippen molar-refractivity contribution in [1.29, 1.82) is 0 Å². The lowest BCUT2D eigenvalue weighted by Crippen LogP contribution is -2.27. The number of hydrogen-bond acceptors (Lipinski definition) is 3. The van der Waals surface area contributed by atoms with Crippen molar-refractivity contribution >= 4 is 16.3 Å². The van der Waals surface area contributed by atoms with Gasteiger partial charge in [0.1, 0.15) is 0 Å². The van der Waals surface area contributed by atoms with Crippen molar-refractivity contribution < 1.29 is 0 Å². The van der Waals surface area contributed by atoms with Crippen LogP contribution in [0.4, 0.5) is 0 Å². The van der Waals surface area contributed by atoms with Crippen molar-refractivity contribution in [3.8, 4) is 56.4 Å². The Morgan fingerprint density at radius 2 is 1.00 bits per heavy atom. The van der Waals surface area contributed by atoms with Gasteiger partial charge >= 0.3 is 0 Å². The van der Waals surface area contributed by atoms with Crippen LogP contribution in [-0.4, -0.2) is 15.0 Å². The minimum Gasteiger partial charge on any atom is -0.208 e. The number of nitrogens with zero attached hydrogens (tertiary/aromatic N) is 3. The van der Waals surface area contributed by atoms with Crippen molar-refractivity contribution in [2.45, 2.75) is 18.3 Å². The average Bonchev–Trinajstić information content (AvgIpc) is 3.71. The molecule has 0 saturated carbocycles. The highest BCUT2D eigenvalue weighted by molar-refractivity contribution is 6.09. The van der Waals surface area contributed by atoms with Gasteiger partial charge in [-0.1, -0.05) is 170 Å². The molecule has 1 spiro atoms. The molecule has 0 aliphatic heterocycles. The second-order valence-corrected chi connectivity index (χ2v) is 14.2. The maximum Gasteiger partial charge on any atom is 0.164 e. The Morgan fingerprint density at radius 1 is 0.415 bits per heavy atom. The second kappa shape index (κ2) is 11.7. The van der Waals surface area contributed by atoms with E-state index < -0.39 is 0 Å². The molecule has 3 heteroatoms. The summed E-state index contributed by atoms with van der Waals surface area (Å²) < 4.78 is 0. The number of hydrogen-bond donors (Lipinski definition) is 0. The second-order valence-electron chi connectivity index (χ2n) is 14.2. The molecule has 1 unspecified atom stereocenters. The lowest BCUT2D eigenvalue weighted by atomic mass is 9.69. The number of rotatable bonds is 4. The highest BCUT2D eigenvalue weighted by atomic mass is 15.0. The van der Waals surface area contributed by atoms with Crippen LogP contribution in [-0.2, 0) is 5.41 Å². The Bertz CT molecular complexity index is 2770. The Balaban J connectivity index is 1.24. The van der Waals surface area contributed by atoms with Crippen molar-refractivity contribution in [2.75, 3.05) is 0 Å². The molecular weight excluding hydrogens is 643 g/mol. The van der Waals surface area contributed by atoms with Crippen LogP contribution >= 0.6 is 0 Å². The van der Waals surface area contributed by atoms with Gasteiger partial charge in [0.2, 0.25) is 0 Å². The maximum absolute atomic E-state index is 5.25. The molecule has 0 fully saturated rings. The lowest BCUT2D eigenvalue weighted by molar-refractivity contribution is 0.780. The molecule has 3 aliphatic carbocycles. The third-order valence-corrected chi connectivity index (χ3v) is 11.4. The lowest BCUT2D eigenvalue weighted by Gasteiger charge is -2.32. The molecule has 1 atom stereocenters. The largest absolute Gasteiger partial charge is 0.208 e. The Labute approximate surface area is 308 Å². The summed E-state index contributed by atoms with van der Waals surface area (Å²) in [5, 5.41) is 2.35. The smallest absolute Gasteiger partial charge is 0.164 e. The fraction of sp³-hybridized carbons (Fsp3) is 0.0600. The van der Waals surface area contributed by atoms with Gasteiger partial charge in [-0.2, -0.15) is 0 Å². The van der Waals surface area contributed by atoms with Crippen LogP contribution in [0.15, 0.2) is 182 Å². The van der Waals surface area contributed by atoms with E-state index in [0.29, 0.717) is 17.5 Å². The summed E-state index contributed by atoms with van der Waals surface area (Å²) in [4.78, 5) is 15.5. The number of allylic oxidation sites excluding steroid dienone is 4. The maximum atomic E-state index is 5.25. The van der Waals surface area contributed by atoms with Gasteiger partial charge in [-0.3, -0.25) is 0 Å². The van der Waals surface area contributed by atoms with E-state index in [4.69, 9.17) is 15.0 Å². The fourth-order valence-corrected chi connectivity index (χ4v) is 9.31. The van der Waals surface area contributed by atoms with Gasteiger partial charge in [0.25, 0.3) is 0 Å². The fourth-order valence-electron chi connectivity index (χ4n) is 9.31. The van der Waals surface area contributed by atoms with Crippen LogP contribution < -0.4 is 0 Å². The zero-order chi connectivity index (χ0) is 34.9. The first kappa shape index (κ1) is 30.0. The predicted octanol–water partition coefficient (Wildman–Crippen LogP) is 12.1. The van der Waals surface area contributed by atoms with E-state index in [2.05, 4.69) is 140 Å². The third kappa shape index (κ3) is 4.31. The molecule has 0 saturated heterocycles. The number of aromatic nitrogens is 3. The van der Waals surface area contributed by atoms with Gasteiger partial charge in [0.05, 0.1) is 5.41 Å². The summed E-state index contributed by atoms with van der Waals surface area (Å²) in [6, 6.07) is 58.7. The molecule has 53 heavy (non-hydrogen) atoms. The standard InChI is InChI=1S/C50H33N3/c1-3-17-33(18-4-1)47-51-48(34-19-5-2-6-20-34)53-49(52-47)40-31-30-32-16-7-8-21-35(32)45(40)39-25-15-29-44-46(39)38-24-11-14-28-43(38)50(44)41-26-12-9-22-36(41)37-23-10-13-27-42(37)50/h1-9,11-22,24-31H,10,23H2. The van der Waals surface area contributed by atoms with Crippen LogP contribution in [0.1, 0.15) is 35.1 Å². The van der Waals surface area contributed by atoms with Gasteiger partial charge in [-0.05, 0) is 79.8 Å². The highest BCUT2D eigenvalue weighted by Gasteiger charge is 2.52. The van der Waals surface area contributed by atoms with E-state index >= 15 is 0 Å². The predicted molar refractivity (Wildman–Crippen MR) is 216 cm³/mol. The van der Waals surface area contributed by atoms with Crippen molar-refractivity contribution in [3.05, 3.63) is 204 Å². The molecular formula is C50H33N3.